The van der Waals surface area contributed by atoms with Gasteiger partial charge in [-0.25, -0.2) is 0 Å². The highest BCUT2D eigenvalue weighted by Gasteiger charge is 2.15. The molecule has 0 fully saturated rings. The van der Waals surface area contributed by atoms with E-state index < -0.39 is 17.7 Å². The van der Waals surface area contributed by atoms with Crippen molar-refractivity contribution < 1.29 is 19.2 Å². The Morgan fingerprint density at radius 3 is 2.14 bits per heavy atom. The average molecular weight is 305 g/mol. The van der Waals surface area contributed by atoms with Crippen LogP contribution < -0.4 is 16.2 Å². The van der Waals surface area contributed by atoms with E-state index in [4.69, 9.17) is 0 Å². The second-order valence-electron chi connectivity index (χ2n) is 4.92. The molecule has 3 N–H and O–H groups in total. The van der Waals surface area contributed by atoms with Crippen molar-refractivity contribution in [3.63, 3.8) is 0 Å². The van der Waals surface area contributed by atoms with Gasteiger partial charge in [-0.1, -0.05) is 30.3 Å². The molecule has 0 bridgehead atoms. The van der Waals surface area contributed by atoms with Crippen molar-refractivity contribution in [3.8, 4) is 0 Å². The van der Waals surface area contributed by atoms with Crippen molar-refractivity contribution in [1.82, 2.24) is 16.2 Å². The fourth-order valence-corrected chi connectivity index (χ4v) is 1.57. The molecule has 0 saturated heterocycles. The van der Waals surface area contributed by atoms with Gasteiger partial charge in [-0.15, -0.1) is 0 Å². The maximum Gasteiger partial charge on any atom is 0.327 e. The molecule has 0 spiro atoms. The smallest absolute Gasteiger partial charge is 0.327 e. The maximum absolute atomic E-state index is 11.8. The van der Waals surface area contributed by atoms with Gasteiger partial charge in [-0.05, 0) is 13.8 Å². The monoisotopic (exact) mass is 305 g/mol. The molecule has 0 aliphatic rings. The molecule has 0 aliphatic heterocycles. The fraction of sp³-hybridized carbons (Fsp3) is 0.333. The standard InChI is InChI=1S/C15H19N3O4/c1-10(2)16-14(21)15(22)18-17-13(20)9-8-12(19)11-6-4-3-5-7-11/h3-7,10H,8-9H2,1-2H3,(H,16,21)(H,17,20)(H,18,22). The Labute approximate surface area is 128 Å². The van der Waals surface area contributed by atoms with Crippen LogP contribution >= 0.6 is 0 Å². The van der Waals surface area contributed by atoms with Crippen molar-refractivity contribution in [1.29, 1.82) is 0 Å². The first-order chi connectivity index (χ1) is 10.4. The predicted octanol–water partition coefficient (Wildman–Crippen LogP) is 0.321. The lowest BCUT2D eigenvalue weighted by molar-refractivity contribution is -0.141. The summed E-state index contributed by atoms with van der Waals surface area (Å²) in [5.41, 5.74) is 4.60. The van der Waals surface area contributed by atoms with E-state index in [-0.39, 0.29) is 24.7 Å². The van der Waals surface area contributed by atoms with Gasteiger partial charge >= 0.3 is 11.8 Å². The first-order valence-corrected chi connectivity index (χ1v) is 6.88. The molecule has 0 atom stereocenters. The van der Waals surface area contributed by atoms with Gasteiger partial charge in [-0.3, -0.25) is 30.0 Å². The average Bonchev–Trinajstić information content (AvgIpc) is 2.50. The molecule has 7 heteroatoms. The van der Waals surface area contributed by atoms with Gasteiger partial charge in [0.1, 0.15) is 0 Å². The summed E-state index contributed by atoms with van der Waals surface area (Å²) in [7, 11) is 0. The minimum absolute atomic E-state index is 0.0178. The van der Waals surface area contributed by atoms with Crippen LogP contribution in [0.4, 0.5) is 0 Å². The minimum Gasteiger partial charge on any atom is -0.346 e. The van der Waals surface area contributed by atoms with Crippen molar-refractivity contribution in [2.45, 2.75) is 32.7 Å². The lowest BCUT2D eigenvalue weighted by atomic mass is 10.1. The molecule has 0 radical (unpaired) electrons. The number of rotatable bonds is 5. The fourth-order valence-electron chi connectivity index (χ4n) is 1.57. The zero-order valence-electron chi connectivity index (χ0n) is 12.5. The molecule has 7 nitrogen and oxygen atoms in total. The normalized spacial score (nSPS) is 9.95. The number of carbonyl (C=O) groups is 4. The lowest BCUT2D eigenvalue weighted by Gasteiger charge is -2.09. The van der Waals surface area contributed by atoms with E-state index in [0.717, 1.165) is 0 Å². The molecule has 1 aromatic rings. The van der Waals surface area contributed by atoms with Gasteiger partial charge in [0.15, 0.2) is 5.78 Å². The number of hydrogen-bond donors (Lipinski definition) is 3. The third-order valence-corrected chi connectivity index (χ3v) is 2.62. The van der Waals surface area contributed by atoms with E-state index >= 15 is 0 Å². The third-order valence-electron chi connectivity index (χ3n) is 2.62. The summed E-state index contributed by atoms with van der Waals surface area (Å²) in [5, 5.41) is 2.38. The molecule has 0 aliphatic carbocycles. The quantitative estimate of drug-likeness (QED) is 0.414. The first kappa shape index (κ1) is 17.4. The number of hydrazine groups is 1. The predicted molar refractivity (Wildman–Crippen MR) is 79.6 cm³/mol. The third kappa shape index (κ3) is 6.17. The molecule has 0 unspecified atom stereocenters. The summed E-state index contributed by atoms with van der Waals surface area (Å²) >= 11 is 0. The van der Waals surface area contributed by atoms with Gasteiger partial charge in [0.25, 0.3) is 0 Å². The van der Waals surface area contributed by atoms with E-state index in [1.54, 1.807) is 44.2 Å². The summed E-state index contributed by atoms with van der Waals surface area (Å²) in [6.07, 6.45) is -0.0658. The topological polar surface area (TPSA) is 104 Å². The molecule has 1 aromatic carbocycles. The number of Topliss-reactive ketones (excluding diaryl/α,β-unsaturated/α-hetero) is 1. The van der Waals surface area contributed by atoms with Crippen LogP contribution in [0.25, 0.3) is 0 Å². The summed E-state index contributed by atoms with van der Waals surface area (Å²) in [4.78, 5) is 45.9. The summed E-state index contributed by atoms with van der Waals surface area (Å²) in [5.74, 6) is -2.51. The molecular formula is C15H19N3O4. The van der Waals surface area contributed by atoms with Crippen LogP contribution in [0.5, 0.6) is 0 Å². The molecule has 118 valence electrons. The SMILES string of the molecule is CC(C)NC(=O)C(=O)NNC(=O)CCC(=O)c1ccccc1. The zero-order valence-corrected chi connectivity index (χ0v) is 12.5. The van der Waals surface area contributed by atoms with E-state index in [1.165, 1.54) is 0 Å². The van der Waals surface area contributed by atoms with Crippen LogP contribution in [-0.2, 0) is 14.4 Å². The Morgan fingerprint density at radius 2 is 1.55 bits per heavy atom. The molecule has 0 saturated carbocycles. The van der Waals surface area contributed by atoms with Crippen molar-refractivity contribution in [3.05, 3.63) is 35.9 Å². The Morgan fingerprint density at radius 1 is 0.909 bits per heavy atom. The van der Waals surface area contributed by atoms with Crippen LogP contribution in [0.1, 0.15) is 37.0 Å². The van der Waals surface area contributed by atoms with E-state index in [1.807, 2.05) is 5.43 Å². The molecule has 0 aromatic heterocycles. The molecular weight excluding hydrogens is 286 g/mol. The van der Waals surface area contributed by atoms with Gasteiger partial charge in [-0.2, -0.15) is 0 Å². The maximum atomic E-state index is 11.8. The summed E-state index contributed by atoms with van der Waals surface area (Å²) in [6, 6.07) is 8.41. The van der Waals surface area contributed by atoms with E-state index in [9.17, 15) is 19.2 Å². The van der Waals surface area contributed by atoms with Gasteiger partial charge in [0.2, 0.25) is 5.91 Å². The summed E-state index contributed by atoms with van der Waals surface area (Å²) < 4.78 is 0. The van der Waals surface area contributed by atoms with Crippen LogP contribution in [0, 0.1) is 0 Å². The van der Waals surface area contributed by atoms with Crippen molar-refractivity contribution >= 4 is 23.5 Å². The number of nitrogens with one attached hydrogen (secondary N) is 3. The number of carbonyl (C=O) groups excluding carboxylic acids is 4. The van der Waals surface area contributed by atoms with Gasteiger partial charge < -0.3 is 5.32 Å². The molecule has 22 heavy (non-hydrogen) atoms. The minimum atomic E-state index is -0.962. The second kappa shape index (κ2) is 8.56. The Kier molecular flexibility index (Phi) is 6.75. The van der Waals surface area contributed by atoms with Gasteiger partial charge in [0, 0.05) is 24.4 Å². The highest BCUT2D eigenvalue weighted by atomic mass is 16.2. The lowest BCUT2D eigenvalue weighted by Crippen LogP contribution is -2.49. The molecule has 1 rings (SSSR count). The Bertz CT molecular complexity index is 555. The molecule has 0 heterocycles. The second-order valence-corrected chi connectivity index (χ2v) is 4.92. The van der Waals surface area contributed by atoms with Crippen LogP contribution in [0.2, 0.25) is 0 Å². The van der Waals surface area contributed by atoms with E-state index in [0.29, 0.717) is 5.56 Å². The first-order valence-electron chi connectivity index (χ1n) is 6.88. The highest BCUT2D eigenvalue weighted by molar-refractivity contribution is 6.35. The van der Waals surface area contributed by atoms with Crippen LogP contribution in [0.15, 0.2) is 30.3 Å². The Balaban J connectivity index is 2.31. The zero-order chi connectivity index (χ0) is 16.5. The largest absolute Gasteiger partial charge is 0.346 e. The van der Waals surface area contributed by atoms with E-state index in [2.05, 4.69) is 10.7 Å². The highest BCUT2D eigenvalue weighted by Crippen LogP contribution is 2.04. The summed E-state index contributed by atoms with van der Waals surface area (Å²) in [6.45, 7) is 3.41. The van der Waals surface area contributed by atoms with Crippen molar-refractivity contribution in [2.24, 2.45) is 0 Å². The number of ketones is 1. The van der Waals surface area contributed by atoms with Crippen molar-refractivity contribution in [2.75, 3.05) is 0 Å². The number of hydrogen-bond acceptors (Lipinski definition) is 4. The number of benzene rings is 1. The Hall–Kier alpha value is -2.70. The van der Waals surface area contributed by atoms with Crippen LogP contribution in [-0.4, -0.2) is 29.5 Å². The van der Waals surface area contributed by atoms with Crippen LogP contribution in [0.3, 0.4) is 0 Å². The molecule has 3 amide bonds. The van der Waals surface area contributed by atoms with Gasteiger partial charge in [0.05, 0.1) is 0 Å². The number of amides is 3.